The Morgan fingerprint density at radius 2 is 1.42 bits per heavy atom. The van der Waals surface area contributed by atoms with Gasteiger partial charge >= 0.3 is 18.2 Å². The first-order valence-electron chi connectivity index (χ1n) is 11.4. The first-order valence-corrected chi connectivity index (χ1v) is 11.4. The number of carbonyl (C=O) groups excluding carboxylic acids is 3. The first-order chi connectivity index (χ1) is 18.2. The normalized spacial score (nSPS) is 10.8. The number of rotatable bonds is 6. The van der Waals surface area contributed by atoms with Gasteiger partial charge in [0.05, 0.1) is 13.2 Å². The minimum atomic E-state index is -1.13. The van der Waals surface area contributed by atoms with Crippen LogP contribution in [0.15, 0.2) is 47.6 Å². The molecule has 1 aromatic carbocycles. The van der Waals surface area contributed by atoms with Crippen LogP contribution in [-0.2, 0) is 9.47 Å². The summed E-state index contributed by atoms with van der Waals surface area (Å²) in [5.74, 6) is -2.49. The molecule has 0 saturated heterocycles. The monoisotopic (exact) mass is 522 g/mol. The summed E-state index contributed by atoms with van der Waals surface area (Å²) in [7, 11) is 0. The van der Waals surface area contributed by atoms with E-state index in [0.29, 0.717) is 5.56 Å². The van der Waals surface area contributed by atoms with Gasteiger partial charge in [-0.15, -0.1) is 4.91 Å². The van der Waals surface area contributed by atoms with Gasteiger partial charge in [0.15, 0.2) is 11.5 Å². The molecule has 0 atom stereocenters. The molecule has 2 aliphatic rings. The van der Waals surface area contributed by atoms with Crippen LogP contribution >= 0.6 is 0 Å². The van der Waals surface area contributed by atoms with Crippen molar-refractivity contribution in [2.45, 2.75) is 20.8 Å². The van der Waals surface area contributed by atoms with Crippen molar-refractivity contribution < 1.29 is 43.5 Å². The van der Waals surface area contributed by atoms with Gasteiger partial charge < -0.3 is 29.2 Å². The van der Waals surface area contributed by atoms with Crippen LogP contribution in [0.1, 0.15) is 29.8 Å². The van der Waals surface area contributed by atoms with Gasteiger partial charge in [0.25, 0.3) is 0 Å². The van der Waals surface area contributed by atoms with E-state index >= 15 is 0 Å². The number of aromatic hydroxyl groups is 2. The summed E-state index contributed by atoms with van der Waals surface area (Å²) in [4.78, 5) is 47.9. The zero-order valence-corrected chi connectivity index (χ0v) is 20.5. The molecule has 12 heteroatoms. The highest BCUT2D eigenvalue weighted by Gasteiger charge is 2.35. The van der Waals surface area contributed by atoms with Crippen LogP contribution in [0.4, 0.5) is 9.59 Å². The summed E-state index contributed by atoms with van der Waals surface area (Å²) in [6.45, 7) is 4.61. The molecule has 12 nitrogen and oxygen atoms in total. The van der Waals surface area contributed by atoms with Crippen LogP contribution < -0.4 is 9.47 Å². The van der Waals surface area contributed by atoms with E-state index in [9.17, 15) is 29.5 Å². The Kier molecular flexibility index (Phi) is 7.15. The number of aryl methyl sites for hydroxylation is 1. The SMILES string of the molecule is CCOC(=O)Oc1c2ccc(C(=O)N=O)cc(C)c-2c(OC(=O)OCC)c1-n1c(O)c2ccccc2c1O. The summed E-state index contributed by atoms with van der Waals surface area (Å²) < 4.78 is 21.8. The Balaban J connectivity index is 2.16. The molecule has 0 unspecified atom stereocenters. The third-order valence-corrected chi connectivity index (χ3v) is 5.65. The molecule has 2 aliphatic carbocycles. The van der Waals surface area contributed by atoms with Crippen molar-refractivity contribution in [2.24, 2.45) is 5.18 Å². The molecule has 0 bridgehead atoms. The highest BCUT2D eigenvalue weighted by atomic mass is 16.7. The van der Waals surface area contributed by atoms with E-state index in [4.69, 9.17) is 18.9 Å². The summed E-state index contributed by atoms with van der Waals surface area (Å²) in [5.41, 5.74) is 0.256. The number of amides is 1. The summed E-state index contributed by atoms with van der Waals surface area (Å²) in [6, 6.07) is 10.3. The fourth-order valence-corrected chi connectivity index (χ4v) is 4.14. The number of nitrogens with zero attached hydrogens (tertiary/aromatic N) is 2. The molecule has 1 heterocycles. The van der Waals surface area contributed by atoms with Gasteiger partial charge in [0, 0.05) is 32.6 Å². The average Bonchev–Trinajstić information content (AvgIpc) is 3.22. The molecule has 196 valence electrons. The van der Waals surface area contributed by atoms with E-state index in [1.54, 1.807) is 45.0 Å². The molecular weight excluding hydrogens is 500 g/mol. The van der Waals surface area contributed by atoms with Crippen molar-refractivity contribution in [2.75, 3.05) is 13.2 Å². The highest BCUT2D eigenvalue weighted by molar-refractivity contribution is 6.01. The van der Waals surface area contributed by atoms with Crippen molar-refractivity contribution in [1.29, 1.82) is 0 Å². The predicted molar refractivity (Wildman–Crippen MR) is 133 cm³/mol. The Labute approximate surface area is 215 Å². The molecule has 0 fully saturated rings. The van der Waals surface area contributed by atoms with Crippen LogP contribution in [-0.4, -0.2) is 46.2 Å². The molecule has 0 aliphatic heterocycles. The van der Waals surface area contributed by atoms with Gasteiger partial charge in [0.2, 0.25) is 11.8 Å². The molecule has 0 spiro atoms. The van der Waals surface area contributed by atoms with Crippen LogP contribution in [0.5, 0.6) is 23.3 Å². The van der Waals surface area contributed by atoms with E-state index in [2.05, 4.69) is 5.18 Å². The van der Waals surface area contributed by atoms with E-state index in [0.717, 1.165) is 4.57 Å². The number of hydrogen-bond donors (Lipinski definition) is 2. The summed E-state index contributed by atoms with van der Waals surface area (Å²) >= 11 is 0. The van der Waals surface area contributed by atoms with Crippen LogP contribution in [0, 0.1) is 11.8 Å². The lowest BCUT2D eigenvalue weighted by atomic mass is 10.1. The lowest BCUT2D eigenvalue weighted by molar-refractivity contribution is 0.0996. The van der Waals surface area contributed by atoms with Gasteiger partial charge in [0.1, 0.15) is 5.69 Å². The molecule has 0 saturated carbocycles. The van der Waals surface area contributed by atoms with E-state index in [1.165, 1.54) is 18.2 Å². The largest absolute Gasteiger partial charge is 0.513 e. The number of benzene rings is 1. The fourth-order valence-electron chi connectivity index (χ4n) is 4.14. The van der Waals surface area contributed by atoms with Gasteiger partial charge in [-0.1, -0.05) is 12.1 Å². The summed E-state index contributed by atoms with van der Waals surface area (Å²) in [5, 5.41) is 25.2. The van der Waals surface area contributed by atoms with Crippen LogP contribution in [0.2, 0.25) is 0 Å². The third-order valence-electron chi connectivity index (χ3n) is 5.65. The van der Waals surface area contributed by atoms with E-state index in [1.807, 2.05) is 0 Å². The highest BCUT2D eigenvalue weighted by Crippen LogP contribution is 2.55. The molecule has 1 amide bonds. The zero-order chi connectivity index (χ0) is 27.6. The predicted octanol–water partition coefficient (Wildman–Crippen LogP) is 5.43. The second kappa shape index (κ2) is 10.5. The lowest BCUT2D eigenvalue weighted by Gasteiger charge is -2.12. The second-order valence-corrected chi connectivity index (χ2v) is 7.91. The Morgan fingerprint density at radius 1 is 0.868 bits per heavy atom. The molecule has 4 rings (SSSR count). The van der Waals surface area contributed by atoms with E-state index < -0.39 is 30.0 Å². The van der Waals surface area contributed by atoms with Crippen LogP contribution in [0.25, 0.3) is 27.6 Å². The van der Waals surface area contributed by atoms with Gasteiger partial charge in [-0.05, 0) is 56.7 Å². The van der Waals surface area contributed by atoms with Gasteiger partial charge in [-0.3, -0.25) is 4.79 Å². The van der Waals surface area contributed by atoms with Crippen molar-refractivity contribution >= 4 is 29.0 Å². The minimum absolute atomic E-state index is 0.0284. The maximum atomic E-state index is 12.5. The van der Waals surface area contributed by atoms with Crippen molar-refractivity contribution in [3.05, 3.63) is 58.5 Å². The van der Waals surface area contributed by atoms with Crippen molar-refractivity contribution in [3.63, 3.8) is 0 Å². The number of nitroso groups, excluding NO2 is 1. The second-order valence-electron chi connectivity index (χ2n) is 7.91. The maximum absolute atomic E-state index is 12.5. The number of fused-ring (bicyclic) bond motifs is 2. The molecule has 38 heavy (non-hydrogen) atoms. The zero-order valence-electron chi connectivity index (χ0n) is 20.5. The number of aromatic nitrogens is 1. The third kappa shape index (κ3) is 4.43. The van der Waals surface area contributed by atoms with E-state index in [-0.39, 0.29) is 57.9 Å². The number of hydrogen-bond acceptors (Lipinski definition) is 10. The Hall–Kier alpha value is -5.13. The summed E-state index contributed by atoms with van der Waals surface area (Å²) in [6.07, 6.45) is -2.26. The standard InChI is InChI=1S/C26H22N2O10/c1-4-35-25(32)37-20-17-11-10-14(22(29)27-34)12-13(3)18(17)21(38-26(33)36-5-2)19(20)28-23(30)15-8-6-7-9-16(15)24(28)31/h6-12,30-31H,4-5H2,1-3H3. The van der Waals surface area contributed by atoms with Crippen LogP contribution in [0.3, 0.4) is 0 Å². The average molecular weight is 522 g/mol. The van der Waals surface area contributed by atoms with Crippen molar-refractivity contribution in [3.8, 4) is 40.1 Å². The van der Waals surface area contributed by atoms with Gasteiger partial charge in [-0.25, -0.2) is 14.2 Å². The first kappa shape index (κ1) is 25.9. The van der Waals surface area contributed by atoms with Crippen molar-refractivity contribution in [1.82, 2.24) is 4.57 Å². The smallest absolute Gasteiger partial charge is 0.494 e. The number of ether oxygens (including phenoxy) is 4. The molecule has 0 radical (unpaired) electrons. The molecule has 1 aromatic heterocycles. The molecule has 2 aromatic rings. The fraction of sp³-hybridized carbons (Fsp3) is 0.192. The molecule has 2 N–H and O–H groups in total. The minimum Gasteiger partial charge on any atom is -0.494 e. The Bertz CT molecular complexity index is 1520. The number of carbonyl (C=O) groups is 3. The Morgan fingerprint density at radius 3 is 1.95 bits per heavy atom. The maximum Gasteiger partial charge on any atom is 0.513 e. The molecular formula is C26H22N2O10. The topological polar surface area (TPSA) is 163 Å². The quantitative estimate of drug-likeness (QED) is 0.246. The van der Waals surface area contributed by atoms with Gasteiger partial charge in [-0.2, -0.15) is 0 Å². The lowest BCUT2D eigenvalue weighted by Crippen LogP contribution is -2.13.